The number of nitrogens with one attached hydrogen (secondary N) is 1. The highest BCUT2D eigenvalue weighted by atomic mass is 32.2. The van der Waals surface area contributed by atoms with Gasteiger partial charge in [-0.25, -0.2) is 8.42 Å². The highest BCUT2D eigenvalue weighted by Crippen LogP contribution is 2.28. The summed E-state index contributed by atoms with van der Waals surface area (Å²) in [6.07, 6.45) is 2.73. The molecule has 0 aliphatic rings. The zero-order chi connectivity index (χ0) is 20.9. The minimum atomic E-state index is -3.67. The Balaban J connectivity index is 1.80. The second-order valence-electron chi connectivity index (χ2n) is 6.44. The molecule has 0 heterocycles. The Labute approximate surface area is 170 Å². The number of carbonyl (C=O) groups is 1. The number of hydrogen-bond acceptors (Lipinski definition) is 4. The molecule has 0 bridgehead atoms. The maximum Gasteiger partial charge on any atom is 0.245 e. The van der Waals surface area contributed by atoms with Crippen LogP contribution in [0.15, 0.2) is 79.4 Å². The van der Waals surface area contributed by atoms with Gasteiger partial charge in [-0.2, -0.15) is 0 Å². The summed E-state index contributed by atoms with van der Waals surface area (Å²) in [6, 6.07) is 19.6. The zero-order valence-corrected chi connectivity index (χ0v) is 16.9. The Morgan fingerprint density at radius 1 is 1.07 bits per heavy atom. The first-order valence-electron chi connectivity index (χ1n) is 8.97. The predicted octanol–water partition coefficient (Wildman–Crippen LogP) is 3.81. The predicted molar refractivity (Wildman–Crippen MR) is 117 cm³/mol. The van der Waals surface area contributed by atoms with Crippen molar-refractivity contribution in [3.05, 3.63) is 79.4 Å². The van der Waals surface area contributed by atoms with Gasteiger partial charge in [-0.1, -0.05) is 49.1 Å². The maximum atomic E-state index is 12.6. The quantitative estimate of drug-likeness (QED) is 0.573. The van der Waals surface area contributed by atoms with Gasteiger partial charge >= 0.3 is 0 Å². The third-order valence-electron chi connectivity index (χ3n) is 4.23. The van der Waals surface area contributed by atoms with Crippen molar-refractivity contribution in [2.45, 2.75) is 0 Å². The first-order valence-corrected chi connectivity index (χ1v) is 10.8. The molecule has 0 aliphatic heterocycles. The van der Waals surface area contributed by atoms with Crippen LogP contribution >= 0.6 is 0 Å². The minimum absolute atomic E-state index is 0.332. The molecule has 29 heavy (non-hydrogen) atoms. The highest BCUT2D eigenvalue weighted by molar-refractivity contribution is 7.92. The first-order chi connectivity index (χ1) is 13.9. The molecule has 0 spiro atoms. The average Bonchev–Trinajstić information content (AvgIpc) is 2.70. The summed E-state index contributed by atoms with van der Waals surface area (Å²) in [5.74, 6) is 0.208. The van der Waals surface area contributed by atoms with E-state index in [0.717, 1.165) is 21.3 Å². The number of nitrogens with zero attached hydrogens (tertiary/aromatic N) is 1. The second kappa shape index (κ2) is 8.79. The number of fused-ring (bicyclic) bond motifs is 1. The van der Waals surface area contributed by atoms with Crippen LogP contribution in [0.5, 0.6) is 5.75 Å². The van der Waals surface area contributed by atoms with Crippen LogP contribution in [0.3, 0.4) is 0 Å². The van der Waals surface area contributed by atoms with Crippen LogP contribution in [0.25, 0.3) is 10.8 Å². The molecule has 3 aromatic carbocycles. The Kier molecular flexibility index (Phi) is 6.19. The molecule has 0 aromatic heterocycles. The number of anilines is 2. The van der Waals surface area contributed by atoms with E-state index in [-0.39, 0.29) is 6.54 Å². The molecule has 0 saturated heterocycles. The van der Waals surface area contributed by atoms with Crippen molar-refractivity contribution in [3.8, 4) is 5.75 Å². The fourth-order valence-electron chi connectivity index (χ4n) is 2.93. The van der Waals surface area contributed by atoms with Gasteiger partial charge in [0.2, 0.25) is 15.9 Å². The van der Waals surface area contributed by atoms with Gasteiger partial charge in [-0.15, -0.1) is 0 Å². The minimum Gasteiger partial charge on any atom is -0.490 e. The first kappa shape index (κ1) is 20.4. The normalized spacial score (nSPS) is 11.1. The number of benzene rings is 3. The molecule has 0 saturated carbocycles. The fourth-order valence-corrected chi connectivity index (χ4v) is 3.80. The van der Waals surface area contributed by atoms with E-state index in [1.54, 1.807) is 42.5 Å². The molecule has 0 radical (unpaired) electrons. The van der Waals surface area contributed by atoms with E-state index >= 15 is 0 Å². The lowest BCUT2D eigenvalue weighted by atomic mass is 10.1. The Bertz CT molecular complexity index is 1120. The molecule has 0 aliphatic carbocycles. The van der Waals surface area contributed by atoms with Gasteiger partial charge in [0.1, 0.15) is 18.9 Å². The largest absolute Gasteiger partial charge is 0.490 e. The van der Waals surface area contributed by atoms with Crippen molar-refractivity contribution in [3.63, 3.8) is 0 Å². The molecule has 1 N–H and O–H groups in total. The number of rotatable bonds is 8. The zero-order valence-electron chi connectivity index (χ0n) is 16.0. The molecule has 6 nitrogen and oxygen atoms in total. The van der Waals surface area contributed by atoms with E-state index < -0.39 is 15.9 Å². The molecule has 1 amide bonds. The lowest BCUT2D eigenvalue weighted by Gasteiger charge is -2.23. The monoisotopic (exact) mass is 410 g/mol. The molecule has 0 fully saturated rings. The summed E-state index contributed by atoms with van der Waals surface area (Å²) < 4.78 is 31.4. The van der Waals surface area contributed by atoms with Crippen LogP contribution in [-0.2, 0) is 14.8 Å². The van der Waals surface area contributed by atoms with Crippen molar-refractivity contribution in [1.29, 1.82) is 0 Å². The summed E-state index contributed by atoms with van der Waals surface area (Å²) in [7, 11) is -3.67. The van der Waals surface area contributed by atoms with E-state index in [1.165, 1.54) is 0 Å². The number of hydrogen-bond donors (Lipinski definition) is 1. The number of carbonyl (C=O) groups excluding carboxylic acids is 1. The topological polar surface area (TPSA) is 75.7 Å². The van der Waals surface area contributed by atoms with Crippen LogP contribution < -0.4 is 14.4 Å². The van der Waals surface area contributed by atoms with Gasteiger partial charge in [-0.3, -0.25) is 9.10 Å². The molecule has 0 atom stereocenters. The van der Waals surface area contributed by atoms with E-state index in [2.05, 4.69) is 11.9 Å². The van der Waals surface area contributed by atoms with Crippen molar-refractivity contribution in [1.82, 2.24) is 0 Å². The van der Waals surface area contributed by atoms with Crippen LogP contribution in [-0.4, -0.2) is 33.7 Å². The molecular formula is C22H22N2O4S. The molecule has 3 rings (SSSR count). The third-order valence-corrected chi connectivity index (χ3v) is 5.36. The van der Waals surface area contributed by atoms with Gasteiger partial charge in [0, 0.05) is 11.1 Å². The van der Waals surface area contributed by atoms with Gasteiger partial charge in [-0.05, 0) is 35.7 Å². The smallest absolute Gasteiger partial charge is 0.245 e. The van der Waals surface area contributed by atoms with Gasteiger partial charge in [0.25, 0.3) is 0 Å². The van der Waals surface area contributed by atoms with Crippen molar-refractivity contribution in [2.75, 3.05) is 29.0 Å². The van der Waals surface area contributed by atoms with E-state index in [1.807, 2.05) is 30.3 Å². The third kappa shape index (κ3) is 5.14. The molecule has 3 aromatic rings. The molecule has 150 valence electrons. The lowest BCUT2D eigenvalue weighted by Crippen LogP contribution is -2.37. The molecular weight excluding hydrogens is 388 g/mol. The van der Waals surface area contributed by atoms with E-state index in [0.29, 0.717) is 23.7 Å². The Hall–Kier alpha value is -3.32. The van der Waals surface area contributed by atoms with Crippen LogP contribution in [0.4, 0.5) is 11.4 Å². The summed E-state index contributed by atoms with van der Waals surface area (Å²) >= 11 is 0. The SMILES string of the molecule is C=CCOc1ccc(NC(=O)CN(c2cccc3ccccc23)S(C)(=O)=O)cc1. The Morgan fingerprint density at radius 2 is 1.76 bits per heavy atom. The summed E-state index contributed by atoms with van der Waals surface area (Å²) in [6.45, 7) is 3.65. The number of amides is 1. The average molecular weight is 410 g/mol. The van der Waals surface area contributed by atoms with Crippen LogP contribution in [0.1, 0.15) is 0 Å². The van der Waals surface area contributed by atoms with E-state index in [4.69, 9.17) is 4.74 Å². The van der Waals surface area contributed by atoms with Crippen molar-refractivity contribution >= 4 is 38.1 Å². The van der Waals surface area contributed by atoms with Crippen LogP contribution in [0, 0.1) is 0 Å². The van der Waals surface area contributed by atoms with Gasteiger partial charge < -0.3 is 10.1 Å². The van der Waals surface area contributed by atoms with Gasteiger partial charge in [0.15, 0.2) is 0 Å². The van der Waals surface area contributed by atoms with E-state index in [9.17, 15) is 13.2 Å². The number of ether oxygens (including phenoxy) is 1. The maximum absolute atomic E-state index is 12.6. The second-order valence-corrected chi connectivity index (χ2v) is 8.35. The van der Waals surface area contributed by atoms with Crippen molar-refractivity contribution < 1.29 is 17.9 Å². The van der Waals surface area contributed by atoms with Crippen molar-refractivity contribution in [2.24, 2.45) is 0 Å². The Morgan fingerprint density at radius 3 is 2.45 bits per heavy atom. The standard InChI is InChI=1S/C22H22N2O4S/c1-3-15-28-19-13-11-18(12-14-19)23-22(25)16-24(29(2,26)27)21-10-6-8-17-7-4-5-9-20(17)21/h3-14H,1,15-16H2,2H3,(H,23,25). The summed E-state index contributed by atoms with van der Waals surface area (Å²) in [5.41, 5.74) is 1.02. The molecule has 0 unspecified atom stereocenters. The van der Waals surface area contributed by atoms with Gasteiger partial charge in [0.05, 0.1) is 11.9 Å². The summed E-state index contributed by atoms with van der Waals surface area (Å²) in [5, 5.41) is 4.38. The summed E-state index contributed by atoms with van der Waals surface area (Å²) in [4.78, 5) is 12.6. The van der Waals surface area contributed by atoms with Crippen LogP contribution in [0.2, 0.25) is 0 Å². The fraction of sp³-hybridized carbons (Fsp3) is 0.136. The molecule has 7 heteroatoms. The lowest BCUT2D eigenvalue weighted by molar-refractivity contribution is -0.114. The highest BCUT2D eigenvalue weighted by Gasteiger charge is 2.22. The number of sulfonamides is 1.